The van der Waals surface area contributed by atoms with E-state index in [4.69, 9.17) is 9.47 Å². The lowest BCUT2D eigenvalue weighted by atomic mass is 10.0. The second-order valence-corrected chi connectivity index (χ2v) is 7.77. The van der Waals surface area contributed by atoms with Gasteiger partial charge in [-0.15, -0.1) is 0 Å². The maximum absolute atomic E-state index is 5.99. The van der Waals surface area contributed by atoms with Crippen LogP contribution in [-0.2, 0) is 9.47 Å². The maximum atomic E-state index is 5.99. The number of anilines is 2. The molecule has 6 heteroatoms. The van der Waals surface area contributed by atoms with E-state index in [9.17, 15) is 0 Å². The molecule has 30 heavy (non-hydrogen) atoms. The van der Waals surface area contributed by atoms with E-state index in [-0.39, 0.29) is 24.3 Å². The minimum atomic E-state index is 0.0308. The van der Waals surface area contributed by atoms with Gasteiger partial charge in [-0.3, -0.25) is 0 Å². The Morgan fingerprint density at radius 1 is 0.667 bits per heavy atom. The average Bonchev–Trinajstić information content (AvgIpc) is 3.45. The quantitative estimate of drug-likeness (QED) is 0.639. The first-order valence-electron chi connectivity index (χ1n) is 10.5. The van der Waals surface area contributed by atoms with Crippen LogP contribution in [0.2, 0.25) is 0 Å². The molecule has 2 N–H and O–H groups in total. The molecule has 0 amide bonds. The Hall–Kier alpha value is -2.96. The first kappa shape index (κ1) is 19.0. The molecule has 6 nitrogen and oxygen atoms in total. The number of nitrogens with one attached hydrogen (secondary N) is 2. The highest BCUT2D eigenvalue weighted by Gasteiger charge is 2.31. The van der Waals surface area contributed by atoms with Crippen LogP contribution in [0.4, 0.5) is 11.6 Å². The summed E-state index contributed by atoms with van der Waals surface area (Å²) in [6, 6.07) is 23.0. The van der Waals surface area contributed by atoms with Crippen LogP contribution in [-0.4, -0.2) is 35.3 Å². The monoisotopic (exact) mass is 402 g/mol. The van der Waals surface area contributed by atoms with Crippen LogP contribution < -0.4 is 10.6 Å². The Kier molecular flexibility index (Phi) is 5.59. The molecule has 4 unspecified atom stereocenters. The number of hydrogen-bond donors (Lipinski definition) is 2. The van der Waals surface area contributed by atoms with Gasteiger partial charge >= 0.3 is 0 Å². The zero-order chi connectivity index (χ0) is 20.2. The zero-order valence-corrected chi connectivity index (χ0v) is 16.8. The Morgan fingerprint density at radius 3 is 1.60 bits per heavy atom. The van der Waals surface area contributed by atoms with E-state index in [1.165, 1.54) is 11.1 Å². The van der Waals surface area contributed by atoms with Crippen LogP contribution in [0.5, 0.6) is 0 Å². The summed E-state index contributed by atoms with van der Waals surface area (Å²) >= 11 is 0. The molecule has 2 aromatic carbocycles. The van der Waals surface area contributed by atoms with Crippen LogP contribution in [0.1, 0.15) is 36.2 Å². The molecule has 0 spiro atoms. The molecule has 0 bridgehead atoms. The van der Waals surface area contributed by atoms with Crippen molar-refractivity contribution in [2.75, 3.05) is 23.8 Å². The van der Waals surface area contributed by atoms with Gasteiger partial charge in [0.15, 0.2) is 0 Å². The molecule has 0 radical (unpaired) electrons. The maximum Gasteiger partial charge on any atom is 0.131 e. The number of ether oxygens (including phenoxy) is 2. The van der Waals surface area contributed by atoms with Crippen molar-refractivity contribution in [3.05, 3.63) is 84.2 Å². The van der Waals surface area contributed by atoms with Gasteiger partial charge in [0, 0.05) is 19.3 Å². The molecule has 2 aliphatic rings. The molecule has 2 saturated heterocycles. The predicted octanol–water partition coefficient (Wildman–Crippen LogP) is 4.36. The average molecular weight is 402 g/mol. The van der Waals surface area contributed by atoms with Crippen LogP contribution in [0, 0.1) is 0 Å². The van der Waals surface area contributed by atoms with Crippen molar-refractivity contribution in [1.29, 1.82) is 0 Å². The van der Waals surface area contributed by atoms with Gasteiger partial charge in [-0.25, -0.2) is 9.97 Å². The van der Waals surface area contributed by atoms with Gasteiger partial charge < -0.3 is 20.1 Å². The Balaban J connectivity index is 1.28. The number of nitrogens with zero attached hydrogens (tertiary/aromatic N) is 2. The summed E-state index contributed by atoms with van der Waals surface area (Å²) < 4.78 is 12.0. The van der Waals surface area contributed by atoms with Crippen molar-refractivity contribution < 1.29 is 9.47 Å². The molecule has 2 fully saturated rings. The van der Waals surface area contributed by atoms with Crippen molar-refractivity contribution in [2.45, 2.75) is 37.1 Å². The SMILES string of the molecule is c1ccc(C2OCCC2Nc2cc(NC3CCOC3c3ccccc3)ncn2)cc1. The summed E-state index contributed by atoms with van der Waals surface area (Å²) in [6.45, 7) is 1.48. The standard InChI is InChI=1S/C24H26N4O2/c1-3-7-17(8-4-1)23-19(11-13-29-23)27-21-15-22(26-16-25-21)28-20-12-14-30-24(20)18-9-5-2-6-10-18/h1-10,15-16,19-20,23-24H,11-14H2,(H2,25,26,27,28). The van der Waals surface area contributed by atoms with Gasteiger partial charge in [-0.1, -0.05) is 60.7 Å². The van der Waals surface area contributed by atoms with E-state index in [0.29, 0.717) is 0 Å². The highest BCUT2D eigenvalue weighted by atomic mass is 16.5. The van der Waals surface area contributed by atoms with E-state index >= 15 is 0 Å². The minimum absolute atomic E-state index is 0.0308. The summed E-state index contributed by atoms with van der Waals surface area (Å²) in [5, 5.41) is 7.10. The fraction of sp³-hybridized carbons (Fsp3) is 0.333. The summed E-state index contributed by atoms with van der Waals surface area (Å²) in [7, 11) is 0. The Bertz CT molecular complexity index is 879. The van der Waals surface area contributed by atoms with E-state index in [1.807, 2.05) is 42.5 Å². The first-order valence-corrected chi connectivity index (χ1v) is 10.5. The lowest BCUT2D eigenvalue weighted by molar-refractivity contribution is 0.107. The molecular weight excluding hydrogens is 376 g/mol. The minimum Gasteiger partial charge on any atom is -0.371 e. The largest absolute Gasteiger partial charge is 0.371 e. The molecule has 0 saturated carbocycles. The second kappa shape index (κ2) is 8.81. The van der Waals surface area contributed by atoms with Crippen LogP contribution >= 0.6 is 0 Å². The summed E-state index contributed by atoms with van der Waals surface area (Å²) in [4.78, 5) is 8.87. The molecule has 4 atom stereocenters. The molecule has 0 aliphatic carbocycles. The summed E-state index contributed by atoms with van der Waals surface area (Å²) in [5.41, 5.74) is 2.38. The van der Waals surface area contributed by atoms with E-state index in [1.54, 1.807) is 6.33 Å². The number of rotatable bonds is 6. The third kappa shape index (κ3) is 4.15. The predicted molar refractivity (Wildman–Crippen MR) is 116 cm³/mol. The van der Waals surface area contributed by atoms with Crippen molar-refractivity contribution >= 4 is 11.6 Å². The van der Waals surface area contributed by atoms with Gasteiger partial charge in [-0.2, -0.15) is 0 Å². The van der Waals surface area contributed by atoms with E-state index in [2.05, 4.69) is 44.9 Å². The smallest absolute Gasteiger partial charge is 0.131 e. The fourth-order valence-corrected chi connectivity index (χ4v) is 4.31. The summed E-state index contributed by atoms with van der Waals surface area (Å²) in [5.74, 6) is 1.61. The lowest BCUT2D eigenvalue weighted by Crippen LogP contribution is -2.25. The van der Waals surface area contributed by atoms with Gasteiger partial charge in [0.2, 0.25) is 0 Å². The number of benzene rings is 2. The highest BCUT2D eigenvalue weighted by Crippen LogP contribution is 2.33. The van der Waals surface area contributed by atoms with Gasteiger partial charge in [0.1, 0.15) is 30.2 Å². The lowest BCUT2D eigenvalue weighted by Gasteiger charge is -2.22. The molecule has 3 aromatic rings. The van der Waals surface area contributed by atoms with Gasteiger partial charge in [0.25, 0.3) is 0 Å². The van der Waals surface area contributed by atoms with Crippen molar-refractivity contribution in [3.63, 3.8) is 0 Å². The van der Waals surface area contributed by atoms with Crippen molar-refractivity contribution in [2.24, 2.45) is 0 Å². The van der Waals surface area contributed by atoms with E-state index in [0.717, 1.165) is 37.7 Å². The van der Waals surface area contributed by atoms with Crippen molar-refractivity contribution in [3.8, 4) is 0 Å². The van der Waals surface area contributed by atoms with Crippen LogP contribution in [0.15, 0.2) is 73.1 Å². The zero-order valence-electron chi connectivity index (χ0n) is 16.8. The molecule has 5 rings (SSSR count). The normalized spacial score (nSPS) is 25.9. The van der Waals surface area contributed by atoms with Gasteiger partial charge in [0.05, 0.1) is 12.1 Å². The summed E-state index contributed by atoms with van der Waals surface area (Å²) in [6.07, 6.45) is 3.55. The Morgan fingerprint density at radius 2 is 1.13 bits per heavy atom. The number of aromatic nitrogens is 2. The molecule has 1 aromatic heterocycles. The molecule has 3 heterocycles. The fourth-order valence-electron chi connectivity index (χ4n) is 4.31. The molecular formula is C24H26N4O2. The van der Waals surface area contributed by atoms with Crippen molar-refractivity contribution in [1.82, 2.24) is 9.97 Å². The number of hydrogen-bond acceptors (Lipinski definition) is 6. The molecule has 154 valence electrons. The third-order valence-electron chi connectivity index (χ3n) is 5.77. The Labute approximate surface area is 176 Å². The topological polar surface area (TPSA) is 68.3 Å². The van der Waals surface area contributed by atoms with Crippen LogP contribution in [0.3, 0.4) is 0 Å². The van der Waals surface area contributed by atoms with E-state index < -0.39 is 0 Å². The molecule has 2 aliphatic heterocycles. The first-order chi connectivity index (χ1) is 14.9. The van der Waals surface area contributed by atoms with Crippen LogP contribution in [0.25, 0.3) is 0 Å². The highest BCUT2D eigenvalue weighted by molar-refractivity contribution is 5.48. The second-order valence-electron chi connectivity index (χ2n) is 7.77. The third-order valence-corrected chi connectivity index (χ3v) is 5.77. The van der Waals surface area contributed by atoms with Gasteiger partial charge in [-0.05, 0) is 24.0 Å².